The summed E-state index contributed by atoms with van der Waals surface area (Å²) in [4.78, 5) is 7.15. The highest BCUT2D eigenvalue weighted by molar-refractivity contribution is 14.0. The number of hydrogen-bond donors (Lipinski definition) is 1. The Morgan fingerprint density at radius 1 is 1.32 bits per heavy atom. The molecular formula is C22H34IN5. The highest BCUT2D eigenvalue weighted by atomic mass is 127. The van der Waals surface area contributed by atoms with Crippen LogP contribution in [-0.4, -0.2) is 40.8 Å². The van der Waals surface area contributed by atoms with E-state index in [2.05, 4.69) is 79.7 Å². The van der Waals surface area contributed by atoms with E-state index in [4.69, 9.17) is 4.99 Å². The fourth-order valence-electron chi connectivity index (χ4n) is 3.72. The normalized spacial score (nSPS) is 18.7. The molecule has 0 radical (unpaired) electrons. The summed E-state index contributed by atoms with van der Waals surface area (Å²) in [7, 11) is 4.10. The van der Waals surface area contributed by atoms with Crippen molar-refractivity contribution in [3.05, 3.63) is 53.3 Å². The summed E-state index contributed by atoms with van der Waals surface area (Å²) in [5.41, 5.74) is 3.90. The van der Waals surface area contributed by atoms with Crippen molar-refractivity contribution in [2.45, 2.75) is 45.6 Å². The van der Waals surface area contributed by atoms with Gasteiger partial charge in [0.05, 0.1) is 5.69 Å². The van der Waals surface area contributed by atoms with Crippen molar-refractivity contribution in [3.8, 4) is 0 Å². The van der Waals surface area contributed by atoms with E-state index in [1.807, 2.05) is 11.7 Å². The lowest BCUT2D eigenvalue weighted by Crippen LogP contribution is -2.38. The summed E-state index contributed by atoms with van der Waals surface area (Å²) in [5.74, 6) is 2.75. The second-order valence-corrected chi connectivity index (χ2v) is 7.93. The Kier molecular flexibility index (Phi) is 8.34. The summed E-state index contributed by atoms with van der Waals surface area (Å²) in [5, 5.41) is 8.07. The maximum atomic E-state index is 4.93. The standard InChI is InChI=1S/C22H33N5.HI/c1-6-23-22(24-13-18-12-20(18)17-10-8-7-9-11-17)26(4)14-19-15-27(5)25-21(19)16(2)3;/h7-11,15-16,18,20H,6,12-14H2,1-5H3,(H,23,24);1H. The minimum Gasteiger partial charge on any atom is -0.357 e. The number of guanidine groups is 1. The smallest absolute Gasteiger partial charge is 0.193 e. The molecule has 1 aliphatic carbocycles. The Morgan fingerprint density at radius 2 is 2.04 bits per heavy atom. The van der Waals surface area contributed by atoms with Gasteiger partial charge in [0.1, 0.15) is 0 Å². The van der Waals surface area contributed by atoms with Crippen molar-refractivity contribution in [1.29, 1.82) is 0 Å². The molecule has 1 aromatic heterocycles. The number of halogens is 1. The molecule has 1 fully saturated rings. The van der Waals surface area contributed by atoms with Gasteiger partial charge in [0.15, 0.2) is 5.96 Å². The Labute approximate surface area is 186 Å². The highest BCUT2D eigenvalue weighted by Crippen LogP contribution is 2.47. The molecule has 5 nitrogen and oxygen atoms in total. The third-order valence-corrected chi connectivity index (χ3v) is 5.21. The van der Waals surface area contributed by atoms with Crippen molar-refractivity contribution < 1.29 is 0 Å². The van der Waals surface area contributed by atoms with Crippen LogP contribution in [0, 0.1) is 5.92 Å². The van der Waals surface area contributed by atoms with Gasteiger partial charge in [-0.25, -0.2) is 0 Å². The van der Waals surface area contributed by atoms with E-state index in [0.29, 0.717) is 17.8 Å². The van der Waals surface area contributed by atoms with Gasteiger partial charge in [-0.05, 0) is 36.7 Å². The molecule has 3 rings (SSSR count). The molecule has 1 heterocycles. The van der Waals surface area contributed by atoms with Crippen LogP contribution in [0.4, 0.5) is 0 Å². The molecule has 0 amide bonds. The van der Waals surface area contributed by atoms with Crippen molar-refractivity contribution in [2.75, 3.05) is 20.1 Å². The molecule has 2 unspecified atom stereocenters. The average molecular weight is 495 g/mol. The van der Waals surface area contributed by atoms with E-state index in [9.17, 15) is 0 Å². The van der Waals surface area contributed by atoms with Crippen LogP contribution >= 0.6 is 24.0 Å². The Bertz CT molecular complexity index is 768. The van der Waals surface area contributed by atoms with Gasteiger partial charge in [-0.2, -0.15) is 5.10 Å². The van der Waals surface area contributed by atoms with E-state index in [0.717, 1.165) is 25.6 Å². The molecule has 2 atom stereocenters. The van der Waals surface area contributed by atoms with Gasteiger partial charge in [-0.15, -0.1) is 24.0 Å². The van der Waals surface area contributed by atoms with E-state index in [-0.39, 0.29) is 24.0 Å². The number of nitrogens with zero attached hydrogens (tertiary/aromatic N) is 4. The van der Waals surface area contributed by atoms with Crippen LogP contribution in [0.3, 0.4) is 0 Å². The number of aliphatic imine (C=N–C) groups is 1. The van der Waals surface area contributed by atoms with Crippen LogP contribution in [0.15, 0.2) is 41.5 Å². The van der Waals surface area contributed by atoms with Gasteiger partial charge < -0.3 is 10.2 Å². The second kappa shape index (κ2) is 10.3. The molecule has 0 bridgehead atoms. The lowest BCUT2D eigenvalue weighted by Gasteiger charge is -2.22. The fraction of sp³-hybridized carbons (Fsp3) is 0.545. The third kappa shape index (κ3) is 5.72. The first kappa shape index (κ1) is 22.7. The van der Waals surface area contributed by atoms with Crippen molar-refractivity contribution >= 4 is 29.9 Å². The Hall–Kier alpha value is -1.57. The van der Waals surface area contributed by atoms with Gasteiger partial charge >= 0.3 is 0 Å². The average Bonchev–Trinajstić information content (AvgIpc) is 3.33. The van der Waals surface area contributed by atoms with Gasteiger partial charge in [0, 0.05) is 45.5 Å². The molecule has 0 spiro atoms. The van der Waals surface area contributed by atoms with E-state index in [1.165, 1.54) is 23.2 Å². The number of benzene rings is 1. The van der Waals surface area contributed by atoms with Crippen LogP contribution < -0.4 is 5.32 Å². The summed E-state index contributed by atoms with van der Waals surface area (Å²) in [6, 6.07) is 10.8. The Morgan fingerprint density at radius 3 is 2.68 bits per heavy atom. The highest BCUT2D eigenvalue weighted by Gasteiger charge is 2.37. The Balaban J connectivity index is 0.00000280. The summed E-state index contributed by atoms with van der Waals surface area (Å²) in [6.45, 7) is 9.09. The maximum Gasteiger partial charge on any atom is 0.193 e. The van der Waals surface area contributed by atoms with Crippen LogP contribution in [0.1, 0.15) is 55.8 Å². The predicted octanol–water partition coefficient (Wildman–Crippen LogP) is 4.36. The van der Waals surface area contributed by atoms with Crippen LogP contribution in [0.5, 0.6) is 0 Å². The molecule has 1 N–H and O–H groups in total. The maximum absolute atomic E-state index is 4.93. The zero-order valence-electron chi connectivity index (χ0n) is 17.7. The molecule has 6 heteroatoms. The monoisotopic (exact) mass is 495 g/mol. The quantitative estimate of drug-likeness (QED) is 0.353. The predicted molar refractivity (Wildman–Crippen MR) is 127 cm³/mol. The first-order valence-corrected chi connectivity index (χ1v) is 10.1. The topological polar surface area (TPSA) is 45.5 Å². The number of hydrogen-bond acceptors (Lipinski definition) is 2. The lowest BCUT2D eigenvalue weighted by molar-refractivity contribution is 0.472. The zero-order valence-corrected chi connectivity index (χ0v) is 20.1. The van der Waals surface area contributed by atoms with Gasteiger partial charge in [-0.3, -0.25) is 9.67 Å². The molecule has 0 saturated heterocycles. The number of nitrogens with one attached hydrogen (secondary N) is 1. The third-order valence-electron chi connectivity index (χ3n) is 5.21. The van der Waals surface area contributed by atoms with Crippen molar-refractivity contribution in [3.63, 3.8) is 0 Å². The molecular weight excluding hydrogens is 461 g/mol. The molecule has 1 saturated carbocycles. The van der Waals surface area contributed by atoms with Gasteiger partial charge in [0.25, 0.3) is 0 Å². The van der Waals surface area contributed by atoms with Crippen molar-refractivity contribution in [2.24, 2.45) is 18.0 Å². The van der Waals surface area contributed by atoms with E-state index >= 15 is 0 Å². The molecule has 1 aromatic carbocycles. The molecule has 2 aromatic rings. The molecule has 0 aliphatic heterocycles. The first-order chi connectivity index (χ1) is 13.0. The largest absolute Gasteiger partial charge is 0.357 e. The molecule has 28 heavy (non-hydrogen) atoms. The number of aryl methyl sites for hydroxylation is 1. The number of aromatic nitrogens is 2. The summed E-state index contributed by atoms with van der Waals surface area (Å²) < 4.78 is 1.91. The van der Waals surface area contributed by atoms with Gasteiger partial charge in [0.2, 0.25) is 0 Å². The second-order valence-electron chi connectivity index (χ2n) is 7.93. The molecule has 1 aliphatic rings. The first-order valence-electron chi connectivity index (χ1n) is 10.1. The van der Waals surface area contributed by atoms with Crippen LogP contribution in [0.2, 0.25) is 0 Å². The van der Waals surface area contributed by atoms with Crippen LogP contribution in [-0.2, 0) is 13.6 Å². The molecule has 154 valence electrons. The van der Waals surface area contributed by atoms with Gasteiger partial charge in [-0.1, -0.05) is 44.2 Å². The SMILES string of the molecule is CCNC(=NCC1CC1c1ccccc1)N(C)Cc1cn(C)nc1C(C)C.I. The van der Waals surface area contributed by atoms with Crippen LogP contribution in [0.25, 0.3) is 0 Å². The number of rotatable bonds is 7. The van der Waals surface area contributed by atoms with E-state index < -0.39 is 0 Å². The summed E-state index contributed by atoms with van der Waals surface area (Å²) >= 11 is 0. The lowest BCUT2D eigenvalue weighted by atomic mass is 10.1. The minimum atomic E-state index is 0. The minimum absolute atomic E-state index is 0. The fourth-order valence-corrected chi connectivity index (χ4v) is 3.72. The van der Waals surface area contributed by atoms with Crippen molar-refractivity contribution in [1.82, 2.24) is 20.0 Å². The van der Waals surface area contributed by atoms with E-state index in [1.54, 1.807) is 0 Å². The summed E-state index contributed by atoms with van der Waals surface area (Å²) in [6.07, 6.45) is 3.37. The zero-order chi connectivity index (χ0) is 19.4.